The van der Waals surface area contributed by atoms with E-state index < -0.39 is 0 Å². The van der Waals surface area contributed by atoms with Crippen molar-refractivity contribution in [3.63, 3.8) is 0 Å². The topological polar surface area (TPSA) is 42.1 Å². The lowest BCUT2D eigenvalue weighted by Crippen LogP contribution is -2.35. The highest BCUT2D eigenvalue weighted by atomic mass is 15.2. The molecular formula is C17H29N3. The van der Waals surface area contributed by atoms with Gasteiger partial charge in [-0.05, 0) is 62.4 Å². The number of aromatic nitrogens is 1. The summed E-state index contributed by atoms with van der Waals surface area (Å²) in [7, 11) is 0. The highest BCUT2D eigenvalue weighted by molar-refractivity contribution is 5.25. The second-order valence-electron chi connectivity index (χ2n) is 6.11. The number of aryl methyl sites for hydroxylation is 1. The molecule has 1 aliphatic rings. The largest absolute Gasteiger partial charge is 0.329 e. The van der Waals surface area contributed by atoms with Gasteiger partial charge in [-0.2, -0.15) is 0 Å². The van der Waals surface area contributed by atoms with E-state index in [9.17, 15) is 0 Å². The molecule has 2 N–H and O–H groups in total. The summed E-state index contributed by atoms with van der Waals surface area (Å²) < 4.78 is 0. The average Bonchev–Trinajstić information content (AvgIpc) is 2.68. The quantitative estimate of drug-likeness (QED) is 0.896. The minimum absolute atomic E-state index is 0.337. The lowest BCUT2D eigenvalue weighted by atomic mass is 9.96. The molecule has 1 fully saturated rings. The van der Waals surface area contributed by atoms with Crippen LogP contribution < -0.4 is 5.73 Å². The first-order valence-corrected chi connectivity index (χ1v) is 8.10. The van der Waals surface area contributed by atoms with Crippen LogP contribution in [0.4, 0.5) is 0 Å². The fourth-order valence-corrected chi connectivity index (χ4v) is 3.49. The van der Waals surface area contributed by atoms with E-state index in [-0.39, 0.29) is 0 Å². The lowest BCUT2D eigenvalue weighted by molar-refractivity contribution is 0.205. The van der Waals surface area contributed by atoms with E-state index in [1.807, 2.05) is 12.4 Å². The molecule has 1 aliphatic heterocycles. The summed E-state index contributed by atoms with van der Waals surface area (Å²) in [6.45, 7) is 7.50. The van der Waals surface area contributed by atoms with Crippen molar-refractivity contribution in [2.75, 3.05) is 19.6 Å². The molecule has 1 aromatic rings. The minimum atomic E-state index is 0.337. The first-order valence-electron chi connectivity index (χ1n) is 8.10. The van der Waals surface area contributed by atoms with E-state index in [2.05, 4.69) is 29.8 Å². The minimum Gasteiger partial charge on any atom is -0.329 e. The van der Waals surface area contributed by atoms with Crippen molar-refractivity contribution >= 4 is 0 Å². The van der Waals surface area contributed by atoms with Gasteiger partial charge in [-0.3, -0.25) is 9.88 Å². The second kappa shape index (κ2) is 7.75. The zero-order valence-corrected chi connectivity index (χ0v) is 13.0. The van der Waals surface area contributed by atoms with Crippen LogP contribution in [-0.2, 0) is 0 Å². The Labute approximate surface area is 123 Å². The van der Waals surface area contributed by atoms with Gasteiger partial charge in [-0.15, -0.1) is 0 Å². The maximum Gasteiger partial charge on any atom is 0.0488 e. The molecule has 2 unspecified atom stereocenters. The van der Waals surface area contributed by atoms with Crippen LogP contribution in [0.5, 0.6) is 0 Å². The fourth-order valence-electron chi connectivity index (χ4n) is 3.49. The molecule has 0 bridgehead atoms. The second-order valence-corrected chi connectivity index (χ2v) is 6.11. The van der Waals surface area contributed by atoms with Crippen LogP contribution in [0, 0.1) is 12.8 Å². The number of hydrogen-bond acceptors (Lipinski definition) is 3. The molecule has 0 saturated carbocycles. The van der Waals surface area contributed by atoms with Crippen LogP contribution in [0.25, 0.3) is 0 Å². The Bertz CT molecular complexity index is 405. The Balaban J connectivity index is 2.06. The van der Waals surface area contributed by atoms with Gasteiger partial charge >= 0.3 is 0 Å². The summed E-state index contributed by atoms with van der Waals surface area (Å²) in [6.07, 6.45) is 10.6. The molecule has 3 heteroatoms. The van der Waals surface area contributed by atoms with Crippen LogP contribution in [0.2, 0.25) is 0 Å². The van der Waals surface area contributed by atoms with Gasteiger partial charge in [0.25, 0.3) is 0 Å². The molecule has 112 valence electrons. The summed E-state index contributed by atoms with van der Waals surface area (Å²) in [5.74, 6) is 0.915. The number of nitrogens with zero attached hydrogens (tertiary/aromatic N) is 2. The summed E-state index contributed by atoms with van der Waals surface area (Å²) >= 11 is 0. The molecule has 0 radical (unpaired) electrons. The Morgan fingerprint density at radius 1 is 1.40 bits per heavy atom. The van der Waals surface area contributed by atoms with Crippen LogP contribution in [0.3, 0.4) is 0 Å². The van der Waals surface area contributed by atoms with Crippen molar-refractivity contribution < 1.29 is 0 Å². The molecule has 0 spiro atoms. The van der Waals surface area contributed by atoms with Gasteiger partial charge in [0.1, 0.15) is 0 Å². The van der Waals surface area contributed by atoms with Gasteiger partial charge in [-0.25, -0.2) is 0 Å². The number of likely N-dealkylation sites (tertiary alicyclic amines) is 1. The summed E-state index contributed by atoms with van der Waals surface area (Å²) in [5, 5.41) is 0. The highest BCUT2D eigenvalue weighted by Gasteiger charge is 2.24. The van der Waals surface area contributed by atoms with Gasteiger partial charge < -0.3 is 5.73 Å². The third kappa shape index (κ3) is 3.80. The Hall–Kier alpha value is -0.930. The van der Waals surface area contributed by atoms with Crippen LogP contribution >= 0.6 is 0 Å². The normalized spacial score (nSPS) is 22.4. The Morgan fingerprint density at radius 3 is 2.95 bits per heavy atom. The third-order valence-electron chi connectivity index (χ3n) is 4.68. The maximum absolute atomic E-state index is 6.08. The molecular weight excluding hydrogens is 246 g/mol. The standard InChI is InChI=1S/C17H29N3/c1-3-5-15-6-4-10-20(11-8-15)17(12-18)16-13-19-9-7-14(16)2/h7,9,13,15,17H,3-6,8,10-12,18H2,1-2H3. The van der Waals surface area contributed by atoms with E-state index in [4.69, 9.17) is 5.73 Å². The van der Waals surface area contributed by atoms with Gasteiger partial charge in [-0.1, -0.05) is 19.8 Å². The summed E-state index contributed by atoms with van der Waals surface area (Å²) in [4.78, 5) is 6.88. The van der Waals surface area contributed by atoms with E-state index >= 15 is 0 Å². The molecule has 3 nitrogen and oxygen atoms in total. The highest BCUT2D eigenvalue weighted by Crippen LogP contribution is 2.28. The fraction of sp³-hybridized carbons (Fsp3) is 0.706. The molecule has 0 aromatic carbocycles. The maximum atomic E-state index is 6.08. The van der Waals surface area contributed by atoms with Gasteiger partial charge in [0.2, 0.25) is 0 Å². The first-order chi connectivity index (χ1) is 9.76. The first kappa shape index (κ1) is 15.5. The third-order valence-corrected chi connectivity index (χ3v) is 4.68. The molecule has 2 heterocycles. The molecule has 0 amide bonds. The van der Waals surface area contributed by atoms with E-state index in [1.165, 1.54) is 56.3 Å². The average molecular weight is 275 g/mol. The van der Waals surface area contributed by atoms with Gasteiger partial charge in [0.15, 0.2) is 0 Å². The van der Waals surface area contributed by atoms with Crippen molar-refractivity contribution in [1.82, 2.24) is 9.88 Å². The van der Waals surface area contributed by atoms with Gasteiger partial charge in [0, 0.05) is 25.0 Å². The number of rotatable bonds is 5. The monoisotopic (exact) mass is 275 g/mol. The van der Waals surface area contributed by atoms with E-state index in [0.717, 1.165) is 5.92 Å². The van der Waals surface area contributed by atoms with Crippen molar-refractivity contribution in [2.45, 2.75) is 52.0 Å². The number of pyridine rings is 1. The molecule has 1 saturated heterocycles. The summed E-state index contributed by atoms with van der Waals surface area (Å²) in [6, 6.07) is 2.43. The molecule has 2 atom stereocenters. The zero-order valence-electron chi connectivity index (χ0n) is 13.0. The van der Waals surface area contributed by atoms with Crippen LogP contribution in [0.15, 0.2) is 18.5 Å². The number of nitrogens with two attached hydrogens (primary N) is 1. The van der Waals surface area contributed by atoms with Crippen LogP contribution in [-0.4, -0.2) is 29.5 Å². The Kier molecular flexibility index (Phi) is 5.99. The van der Waals surface area contributed by atoms with Crippen molar-refractivity contribution in [3.05, 3.63) is 29.6 Å². The molecule has 2 rings (SSSR count). The molecule has 1 aromatic heterocycles. The van der Waals surface area contributed by atoms with Gasteiger partial charge in [0.05, 0.1) is 0 Å². The van der Waals surface area contributed by atoms with Crippen LogP contribution in [0.1, 0.15) is 56.2 Å². The van der Waals surface area contributed by atoms with Crippen molar-refractivity contribution in [3.8, 4) is 0 Å². The number of hydrogen-bond donors (Lipinski definition) is 1. The lowest BCUT2D eigenvalue weighted by Gasteiger charge is -2.30. The molecule has 20 heavy (non-hydrogen) atoms. The SMILES string of the molecule is CCCC1CCCN(C(CN)c2cnccc2C)CC1. The molecule has 0 aliphatic carbocycles. The van der Waals surface area contributed by atoms with Crippen molar-refractivity contribution in [1.29, 1.82) is 0 Å². The summed E-state index contributed by atoms with van der Waals surface area (Å²) in [5.41, 5.74) is 8.70. The smallest absolute Gasteiger partial charge is 0.0488 e. The van der Waals surface area contributed by atoms with E-state index in [0.29, 0.717) is 12.6 Å². The van der Waals surface area contributed by atoms with E-state index in [1.54, 1.807) is 0 Å². The Morgan fingerprint density at radius 2 is 2.25 bits per heavy atom. The zero-order chi connectivity index (χ0) is 14.4. The predicted octanol–water partition coefficient (Wildman–Crippen LogP) is 3.29. The van der Waals surface area contributed by atoms with Crippen molar-refractivity contribution in [2.24, 2.45) is 11.7 Å². The predicted molar refractivity (Wildman–Crippen MR) is 84.6 cm³/mol.